The van der Waals surface area contributed by atoms with E-state index < -0.39 is 17.5 Å². The van der Waals surface area contributed by atoms with E-state index in [1.54, 1.807) is 0 Å². The van der Waals surface area contributed by atoms with Gasteiger partial charge in [0.1, 0.15) is 0 Å². The van der Waals surface area contributed by atoms with Gasteiger partial charge < -0.3 is 15.5 Å². The van der Waals surface area contributed by atoms with Crippen LogP contribution in [0.25, 0.3) is 0 Å². The fraction of sp³-hybridized carbons (Fsp3) is 0.900. The van der Waals surface area contributed by atoms with E-state index in [-0.39, 0.29) is 5.92 Å². The standard InChI is InChI=1S/C10H19NO3/c1-7(2)8(9(12)13)10(14)3-5-11-6-4-10/h7-8,11,14H,3-6H2,1-2H3,(H,12,13). The van der Waals surface area contributed by atoms with Gasteiger partial charge >= 0.3 is 5.97 Å². The van der Waals surface area contributed by atoms with Crippen molar-refractivity contribution in [3.05, 3.63) is 0 Å². The van der Waals surface area contributed by atoms with E-state index in [0.717, 1.165) is 0 Å². The fourth-order valence-corrected chi connectivity index (χ4v) is 2.31. The maximum Gasteiger partial charge on any atom is 0.309 e. The van der Waals surface area contributed by atoms with E-state index in [1.165, 1.54) is 0 Å². The number of hydrogen-bond acceptors (Lipinski definition) is 3. The zero-order chi connectivity index (χ0) is 10.8. The summed E-state index contributed by atoms with van der Waals surface area (Å²) in [6.45, 7) is 5.09. The van der Waals surface area contributed by atoms with Crippen LogP contribution < -0.4 is 5.32 Å². The fourth-order valence-electron chi connectivity index (χ4n) is 2.31. The minimum atomic E-state index is -1.02. The summed E-state index contributed by atoms with van der Waals surface area (Å²) >= 11 is 0. The van der Waals surface area contributed by atoms with Gasteiger partial charge in [-0.2, -0.15) is 0 Å². The van der Waals surface area contributed by atoms with Gasteiger partial charge in [0.2, 0.25) is 0 Å². The zero-order valence-electron chi connectivity index (χ0n) is 8.79. The molecule has 0 amide bonds. The van der Waals surface area contributed by atoms with E-state index in [0.29, 0.717) is 25.9 Å². The van der Waals surface area contributed by atoms with Crippen LogP contribution in [0.5, 0.6) is 0 Å². The van der Waals surface area contributed by atoms with Gasteiger partial charge in [-0.3, -0.25) is 4.79 Å². The largest absolute Gasteiger partial charge is 0.481 e. The predicted molar refractivity (Wildman–Crippen MR) is 53.0 cm³/mol. The van der Waals surface area contributed by atoms with Crippen LogP contribution in [0.2, 0.25) is 0 Å². The summed E-state index contributed by atoms with van der Waals surface area (Å²) in [4.78, 5) is 11.1. The lowest BCUT2D eigenvalue weighted by molar-refractivity contribution is -0.158. The highest BCUT2D eigenvalue weighted by molar-refractivity contribution is 5.71. The van der Waals surface area contributed by atoms with Crippen molar-refractivity contribution >= 4 is 5.97 Å². The van der Waals surface area contributed by atoms with Crippen LogP contribution in [0.4, 0.5) is 0 Å². The first-order valence-electron chi connectivity index (χ1n) is 5.13. The first-order chi connectivity index (χ1) is 6.47. The highest BCUT2D eigenvalue weighted by Crippen LogP contribution is 2.32. The van der Waals surface area contributed by atoms with Crippen LogP contribution in [0.15, 0.2) is 0 Å². The van der Waals surface area contributed by atoms with Crippen molar-refractivity contribution < 1.29 is 15.0 Å². The van der Waals surface area contributed by atoms with Crippen LogP contribution in [-0.2, 0) is 4.79 Å². The van der Waals surface area contributed by atoms with Crippen LogP contribution in [-0.4, -0.2) is 34.9 Å². The third-order valence-corrected chi connectivity index (χ3v) is 2.98. The summed E-state index contributed by atoms with van der Waals surface area (Å²) in [5.74, 6) is -1.57. The molecule has 82 valence electrons. The Morgan fingerprint density at radius 3 is 2.21 bits per heavy atom. The van der Waals surface area contributed by atoms with E-state index in [2.05, 4.69) is 5.32 Å². The highest BCUT2D eigenvalue weighted by atomic mass is 16.4. The van der Waals surface area contributed by atoms with Crippen molar-refractivity contribution in [1.82, 2.24) is 5.32 Å². The van der Waals surface area contributed by atoms with Gasteiger partial charge in [0.25, 0.3) is 0 Å². The maximum absolute atomic E-state index is 11.1. The second-order valence-electron chi connectivity index (χ2n) is 4.41. The molecule has 1 heterocycles. The van der Waals surface area contributed by atoms with E-state index in [4.69, 9.17) is 5.11 Å². The van der Waals surface area contributed by atoms with Gasteiger partial charge in [-0.25, -0.2) is 0 Å². The van der Waals surface area contributed by atoms with Crippen molar-refractivity contribution in [3.8, 4) is 0 Å². The lowest BCUT2D eigenvalue weighted by Crippen LogP contribution is -2.51. The summed E-state index contributed by atoms with van der Waals surface area (Å²) in [6.07, 6.45) is 1.06. The first kappa shape index (κ1) is 11.5. The average molecular weight is 201 g/mol. The minimum Gasteiger partial charge on any atom is -0.481 e. The summed E-state index contributed by atoms with van der Waals surface area (Å²) in [6, 6.07) is 0. The number of aliphatic hydroxyl groups is 1. The quantitative estimate of drug-likeness (QED) is 0.620. The maximum atomic E-state index is 11.1. The van der Waals surface area contributed by atoms with Crippen LogP contribution in [0.1, 0.15) is 26.7 Å². The monoisotopic (exact) mass is 201 g/mol. The molecule has 3 N–H and O–H groups in total. The molecule has 1 atom stereocenters. The normalized spacial score (nSPS) is 23.4. The van der Waals surface area contributed by atoms with Gasteiger partial charge in [-0.1, -0.05) is 13.8 Å². The molecule has 0 saturated carbocycles. The number of carboxylic acids is 1. The molecule has 0 aromatic carbocycles. The van der Waals surface area contributed by atoms with Crippen LogP contribution in [0.3, 0.4) is 0 Å². The summed E-state index contributed by atoms with van der Waals surface area (Å²) < 4.78 is 0. The van der Waals surface area contributed by atoms with Crippen LogP contribution >= 0.6 is 0 Å². The number of hydrogen-bond donors (Lipinski definition) is 3. The molecule has 0 aliphatic carbocycles. The predicted octanol–water partition coefficient (Wildman–Crippen LogP) is 0.458. The molecule has 0 aromatic rings. The van der Waals surface area contributed by atoms with Crippen molar-refractivity contribution in [2.75, 3.05) is 13.1 Å². The lowest BCUT2D eigenvalue weighted by Gasteiger charge is -2.39. The molecule has 1 aliphatic heterocycles. The molecule has 0 spiro atoms. The van der Waals surface area contributed by atoms with Gasteiger partial charge in [0.15, 0.2) is 0 Å². The van der Waals surface area contributed by atoms with Crippen molar-refractivity contribution in [3.63, 3.8) is 0 Å². The second-order valence-corrected chi connectivity index (χ2v) is 4.41. The number of rotatable bonds is 3. The van der Waals surface area contributed by atoms with Crippen molar-refractivity contribution in [2.45, 2.75) is 32.3 Å². The lowest BCUT2D eigenvalue weighted by atomic mass is 9.74. The Bertz CT molecular complexity index is 209. The average Bonchev–Trinajstić information content (AvgIpc) is 2.02. The zero-order valence-corrected chi connectivity index (χ0v) is 8.79. The summed E-state index contributed by atoms with van der Waals surface area (Å²) in [5.41, 5.74) is -1.02. The van der Waals surface area contributed by atoms with E-state index in [9.17, 15) is 9.90 Å². The number of carbonyl (C=O) groups is 1. The molecule has 4 nitrogen and oxygen atoms in total. The summed E-state index contributed by atoms with van der Waals surface area (Å²) in [5, 5.41) is 22.5. The van der Waals surface area contributed by atoms with Crippen LogP contribution in [0, 0.1) is 11.8 Å². The number of aliphatic carboxylic acids is 1. The third-order valence-electron chi connectivity index (χ3n) is 2.98. The third kappa shape index (κ3) is 2.25. The van der Waals surface area contributed by atoms with Crippen molar-refractivity contribution in [2.24, 2.45) is 11.8 Å². The Labute approximate surface area is 84.3 Å². The molecular weight excluding hydrogens is 182 g/mol. The summed E-state index contributed by atoms with van der Waals surface area (Å²) in [7, 11) is 0. The Hall–Kier alpha value is -0.610. The Morgan fingerprint density at radius 1 is 1.36 bits per heavy atom. The molecule has 0 aromatic heterocycles. The molecule has 0 bridgehead atoms. The van der Waals surface area contributed by atoms with Crippen molar-refractivity contribution in [1.29, 1.82) is 0 Å². The molecule has 14 heavy (non-hydrogen) atoms. The number of carboxylic acid groups (broad SMARTS) is 1. The molecule has 1 saturated heterocycles. The number of nitrogens with one attached hydrogen (secondary N) is 1. The molecule has 0 radical (unpaired) electrons. The molecule has 1 unspecified atom stereocenters. The highest BCUT2D eigenvalue weighted by Gasteiger charge is 2.43. The smallest absolute Gasteiger partial charge is 0.309 e. The molecule has 1 fully saturated rings. The number of piperidine rings is 1. The second kappa shape index (κ2) is 4.28. The molecular formula is C10H19NO3. The topological polar surface area (TPSA) is 69.6 Å². The van der Waals surface area contributed by atoms with Gasteiger partial charge in [0, 0.05) is 0 Å². The Balaban J connectivity index is 2.79. The van der Waals surface area contributed by atoms with Gasteiger partial charge in [-0.15, -0.1) is 0 Å². The Kier molecular flexibility index (Phi) is 3.50. The molecule has 1 aliphatic rings. The SMILES string of the molecule is CC(C)C(C(=O)O)C1(O)CCNCC1. The first-order valence-corrected chi connectivity index (χ1v) is 5.13. The Morgan fingerprint density at radius 2 is 1.86 bits per heavy atom. The minimum absolute atomic E-state index is 0.0319. The molecule has 4 heteroatoms. The van der Waals surface area contributed by atoms with E-state index in [1.807, 2.05) is 13.8 Å². The molecule has 1 rings (SSSR count). The van der Waals surface area contributed by atoms with E-state index >= 15 is 0 Å². The van der Waals surface area contributed by atoms with Gasteiger partial charge in [0.05, 0.1) is 11.5 Å². The van der Waals surface area contributed by atoms with Gasteiger partial charge in [-0.05, 0) is 31.8 Å².